The molecule has 0 saturated heterocycles. The number of aromatic nitrogens is 2. The summed E-state index contributed by atoms with van der Waals surface area (Å²) < 4.78 is 2.15. The van der Waals surface area contributed by atoms with E-state index in [4.69, 9.17) is 0 Å². The lowest BCUT2D eigenvalue weighted by molar-refractivity contribution is 0.102. The Morgan fingerprint density at radius 3 is 2.68 bits per heavy atom. The molecule has 4 nitrogen and oxygen atoms in total. The number of hydrogen-bond acceptors (Lipinski definition) is 2. The van der Waals surface area contributed by atoms with Crippen molar-refractivity contribution >= 4 is 11.6 Å². The van der Waals surface area contributed by atoms with Crippen LogP contribution >= 0.6 is 0 Å². The van der Waals surface area contributed by atoms with Crippen LogP contribution in [0.25, 0.3) is 11.1 Å². The second-order valence-electron chi connectivity index (χ2n) is 6.68. The molecular formula is C21H21N3O. The van der Waals surface area contributed by atoms with Crippen molar-refractivity contribution in [2.24, 2.45) is 7.05 Å². The predicted molar refractivity (Wildman–Crippen MR) is 99.8 cm³/mol. The van der Waals surface area contributed by atoms with E-state index in [1.54, 1.807) is 6.20 Å². The van der Waals surface area contributed by atoms with Gasteiger partial charge in [0.1, 0.15) is 0 Å². The van der Waals surface area contributed by atoms with E-state index in [0.717, 1.165) is 28.1 Å². The quantitative estimate of drug-likeness (QED) is 0.764. The molecule has 0 aliphatic heterocycles. The third-order valence-corrected chi connectivity index (χ3v) is 4.93. The third-order valence-electron chi connectivity index (χ3n) is 4.93. The Morgan fingerprint density at radius 2 is 1.96 bits per heavy atom. The maximum atomic E-state index is 12.8. The van der Waals surface area contributed by atoms with E-state index in [0.29, 0.717) is 5.92 Å². The molecule has 3 aromatic rings. The summed E-state index contributed by atoms with van der Waals surface area (Å²) in [5, 5.41) is 3.04. The van der Waals surface area contributed by atoms with Crippen molar-refractivity contribution in [3.8, 4) is 11.1 Å². The zero-order valence-electron chi connectivity index (χ0n) is 14.5. The number of pyridine rings is 1. The number of anilines is 1. The van der Waals surface area contributed by atoms with E-state index in [1.807, 2.05) is 62.6 Å². The van der Waals surface area contributed by atoms with Gasteiger partial charge in [-0.05, 0) is 55.5 Å². The summed E-state index contributed by atoms with van der Waals surface area (Å²) >= 11 is 0. The summed E-state index contributed by atoms with van der Waals surface area (Å²) in [4.78, 5) is 16.9. The Hall–Kier alpha value is -2.88. The highest BCUT2D eigenvalue weighted by Gasteiger charge is 2.28. The van der Waals surface area contributed by atoms with Crippen molar-refractivity contribution in [3.63, 3.8) is 0 Å². The van der Waals surface area contributed by atoms with Crippen LogP contribution in [0.1, 0.15) is 40.5 Å². The van der Waals surface area contributed by atoms with Crippen LogP contribution in [0, 0.1) is 6.92 Å². The van der Waals surface area contributed by atoms with Gasteiger partial charge in [-0.25, -0.2) is 0 Å². The van der Waals surface area contributed by atoms with Crippen LogP contribution < -0.4 is 5.32 Å². The summed E-state index contributed by atoms with van der Waals surface area (Å²) in [7, 11) is 2.04. The van der Waals surface area contributed by atoms with Gasteiger partial charge in [0.25, 0.3) is 5.91 Å². The number of carbonyl (C=O) groups excluding carboxylic acids is 1. The minimum absolute atomic E-state index is 0.0525. The minimum atomic E-state index is -0.0525. The van der Waals surface area contributed by atoms with Crippen molar-refractivity contribution in [3.05, 3.63) is 71.8 Å². The SMILES string of the molecule is Cc1c(C(=O)Nc2cccc(-c3cccnc3)c2)cc(C2CC2)n1C. The van der Waals surface area contributed by atoms with Crippen LogP contribution in [-0.4, -0.2) is 15.5 Å². The summed E-state index contributed by atoms with van der Waals surface area (Å²) in [6, 6.07) is 13.8. The average molecular weight is 331 g/mol. The first-order chi connectivity index (χ1) is 12.1. The van der Waals surface area contributed by atoms with Crippen LogP contribution in [0.15, 0.2) is 54.9 Å². The van der Waals surface area contributed by atoms with Gasteiger partial charge in [-0.2, -0.15) is 0 Å². The number of hydrogen-bond donors (Lipinski definition) is 1. The van der Waals surface area contributed by atoms with E-state index < -0.39 is 0 Å². The number of nitrogens with zero attached hydrogens (tertiary/aromatic N) is 2. The average Bonchev–Trinajstić information content (AvgIpc) is 3.43. The number of nitrogens with one attached hydrogen (secondary N) is 1. The molecule has 0 atom stereocenters. The molecule has 1 fully saturated rings. The smallest absolute Gasteiger partial charge is 0.257 e. The molecule has 1 aliphatic carbocycles. The lowest BCUT2D eigenvalue weighted by Crippen LogP contribution is -2.12. The third kappa shape index (κ3) is 3.07. The molecule has 1 amide bonds. The second kappa shape index (κ2) is 6.20. The molecule has 1 aliphatic rings. The van der Waals surface area contributed by atoms with Gasteiger partial charge < -0.3 is 9.88 Å². The Labute approximate surface area is 147 Å². The Bertz CT molecular complexity index is 924. The highest BCUT2D eigenvalue weighted by Crippen LogP contribution is 2.41. The van der Waals surface area contributed by atoms with Gasteiger partial charge in [-0.3, -0.25) is 9.78 Å². The largest absolute Gasteiger partial charge is 0.351 e. The monoisotopic (exact) mass is 331 g/mol. The molecule has 0 spiro atoms. The van der Waals surface area contributed by atoms with Crippen molar-refractivity contribution in [2.75, 3.05) is 5.32 Å². The van der Waals surface area contributed by atoms with E-state index in [-0.39, 0.29) is 5.91 Å². The van der Waals surface area contributed by atoms with Gasteiger partial charge in [-0.15, -0.1) is 0 Å². The van der Waals surface area contributed by atoms with Gasteiger partial charge in [0.2, 0.25) is 0 Å². The van der Waals surface area contributed by atoms with Gasteiger partial charge in [0.05, 0.1) is 5.56 Å². The molecule has 0 unspecified atom stereocenters. The number of benzene rings is 1. The molecule has 2 heterocycles. The van der Waals surface area contributed by atoms with Crippen LogP contribution in [-0.2, 0) is 7.05 Å². The standard InChI is InChI=1S/C21H21N3O/c1-14-19(12-20(24(14)2)15-8-9-15)21(25)23-18-7-3-5-16(11-18)17-6-4-10-22-13-17/h3-7,10-13,15H,8-9H2,1-2H3,(H,23,25). The van der Waals surface area contributed by atoms with E-state index in [2.05, 4.69) is 14.9 Å². The molecule has 1 aromatic carbocycles. The van der Waals surface area contributed by atoms with Gasteiger partial charge in [0.15, 0.2) is 0 Å². The summed E-state index contributed by atoms with van der Waals surface area (Å²) in [6.07, 6.45) is 6.03. The lowest BCUT2D eigenvalue weighted by Gasteiger charge is -2.08. The maximum absolute atomic E-state index is 12.8. The lowest BCUT2D eigenvalue weighted by atomic mass is 10.1. The highest BCUT2D eigenvalue weighted by molar-refractivity contribution is 6.05. The van der Waals surface area contributed by atoms with E-state index in [9.17, 15) is 4.79 Å². The number of amides is 1. The first kappa shape index (κ1) is 15.6. The molecule has 2 aromatic heterocycles. The Balaban J connectivity index is 1.58. The zero-order chi connectivity index (χ0) is 17.4. The molecule has 1 N–H and O–H groups in total. The fourth-order valence-electron chi connectivity index (χ4n) is 3.23. The summed E-state index contributed by atoms with van der Waals surface area (Å²) in [6.45, 7) is 2.01. The Morgan fingerprint density at radius 1 is 1.16 bits per heavy atom. The fourth-order valence-corrected chi connectivity index (χ4v) is 3.23. The number of rotatable bonds is 4. The normalized spacial score (nSPS) is 13.7. The van der Waals surface area contributed by atoms with Crippen molar-refractivity contribution in [1.82, 2.24) is 9.55 Å². The summed E-state index contributed by atoms with van der Waals surface area (Å²) in [5.41, 5.74) is 5.91. The topological polar surface area (TPSA) is 46.9 Å². The fraction of sp³-hybridized carbons (Fsp3) is 0.238. The van der Waals surface area contributed by atoms with E-state index >= 15 is 0 Å². The zero-order valence-corrected chi connectivity index (χ0v) is 14.5. The van der Waals surface area contributed by atoms with Crippen LogP contribution in [0.4, 0.5) is 5.69 Å². The van der Waals surface area contributed by atoms with Crippen LogP contribution in [0.3, 0.4) is 0 Å². The van der Waals surface area contributed by atoms with E-state index in [1.165, 1.54) is 18.5 Å². The Kier molecular flexibility index (Phi) is 3.88. The van der Waals surface area contributed by atoms with Crippen LogP contribution in [0.2, 0.25) is 0 Å². The van der Waals surface area contributed by atoms with Crippen molar-refractivity contribution in [2.45, 2.75) is 25.7 Å². The van der Waals surface area contributed by atoms with Crippen molar-refractivity contribution < 1.29 is 4.79 Å². The molecule has 25 heavy (non-hydrogen) atoms. The molecule has 1 saturated carbocycles. The van der Waals surface area contributed by atoms with Gasteiger partial charge in [0, 0.05) is 42.1 Å². The molecule has 4 heteroatoms. The second-order valence-corrected chi connectivity index (χ2v) is 6.68. The van der Waals surface area contributed by atoms with Crippen LogP contribution in [0.5, 0.6) is 0 Å². The maximum Gasteiger partial charge on any atom is 0.257 e. The minimum Gasteiger partial charge on any atom is -0.351 e. The number of carbonyl (C=O) groups is 1. The predicted octanol–water partition coefficient (Wildman–Crippen LogP) is 4.53. The first-order valence-electron chi connectivity index (χ1n) is 8.61. The molecule has 4 rings (SSSR count). The first-order valence-corrected chi connectivity index (χ1v) is 8.61. The van der Waals surface area contributed by atoms with Gasteiger partial charge >= 0.3 is 0 Å². The van der Waals surface area contributed by atoms with Gasteiger partial charge in [-0.1, -0.05) is 18.2 Å². The molecular weight excluding hydrogens is 310 g/mol. The molecule has 126 valence electrons. The summed E-state index contributed by atoms with van der Waals surface area (Å²) in [5.74, 6) is 0.572. The van der Waals surface area contributed by atoms with Crippen molar-refractivity contribution in [1.29, 1.82) is 0 Å². The highest BCUT2D eigenvalue weighted by atomic mass is 16.1. The molecule has 0 bridgehead atoms. The molecule has 0 radical (unpaired) electrons.